The minimum absolute atomic E-state index is 0.000163. The van der Waals surface area contributed by atoms with E-state index in [-0.39, 0.29) is 34.5 Å². The Morgan fingerprint density at radius 2 is 1.78 bits per heavy atom. The summed E-state index contributed by atoms with van der Waals surface area (Å²) in [6.45, 7) is 5.80. The number of carbonyl (C=O) groups excluding carboxylic acids is 2. The largest absolute Gasteiger partial charge is 0.506 e. The topological polar surface area (TPSA) is 103 Å². The molecule has 2 heterocycles. The van der Waals surface area contributed by atoms with Crippen molar-refractivity contribution in [2.75, 3.05) is 6.61 Å². The number of hydrogen-bond acceptors (Lipinski definition) is 7. The van der Waals surface area contributed by atoms with Crippen molar-refractivity contribution in [1.29, 1.82) is 0 Å². The van der Waals surface area contributed by atoms with Crippen molar-refractivity contribution in [2.45, 2.75) is 71.6 Å². The molecule has 7 heteroatoms. The Morgan fingerprint density at radius 3 is 2.47 bits per heavy atom. The van der Waals surface area contributed by atoms with Gasteiger partial charge in [-0.3, -0.25) is 9.59 Å². The number of Topliss-reactive ketones (excluding diaryl/α,β-unsaturated/α-hetero) is 1. The minimum Gasteiger partial charge on any atom is -0.506 e. The van der Waals surface area contributed by atoms with Gasteiger partial charge >= 0.3 is 11.6 Å². The molecule has 0 fully saturated rings. The third-order valence-electron chi connectivity index (χ3n) is 6.68. The lowest BCUT2D eigenvalue weighted by molar-refractivity contribution is -0.135. The molecule has 3 aromatic rings. The summed E-state index contributed by atoms with van der Waals surface area (Å²) in [4.78, 5) is 37.3. The number of hydrogen-bond donors (Lipinski definition) is 1. The summed E-state index contributed by atoms with van der Waals surface area (Å²) in [5, 5.41) is 11.2. The van der Waals surface area contributed by atoms with E-state index in [9.17, 15) is 19.5 Å². The van der Waals surface area contributed by atoms with Crippen LogP contribution in [-0.4, -0.2) is 23.5 Å². The number of rotatable bonds is 10. The van der Waals surface area contributed by atoms with Gasteiger partial charge in [-0.15, -0.1) is 0 Å². The van der Waals surface area contributed by atoms with Gasteiger partial charge in [-0.1, -0.05) is 51.2 Å². The maximum Gasteiger partial charge on any atom is 0.336 e. The van der Waals surface area contributed by atoms with E-state index < -0.39 is 23.3 Å². The third-order valence-corrected chi connectivity index (χ3v) is 6.68. The van der Waals surface area contributed by atoms with Crippen LogP contribution in [0.15, 0.2) is 39.5 Å². The first-order valence-corrected chi connectivity index (χ1v) is 12.6. The average Bonchev–Trinajstić information content (AvgIpc) is 2.82. The highest BCUT2D eigenvalue weighted by molar-refractivity contribution is 6.09. The summed E-state index contributed by atoms with van der Waals surface area (Å²) in [5.41, 5.74) is 1.11. The maximum absolute atomic E-state index is 12.6. The fourth-order valence-electron chi connectivity index (χ4n) is 4.89. The smallest absolute Gasteiger partial charge is 0.336 e. The van der Waals surface area contributed by atoms with Crippen LogP contribution < -0.4 is 15.1 Å². The predicted octanol–water partition coefficient (Wildman–Crippen LogP) is 6.19. The zero-order chi connectivity index (χ0) is 25.8. The van der Waals surface area contributed by atoms with Gasteiger partial charge in [0.2, 0.25) is 0 Å². The summed E-state index contributed by atoms with van der Waals surface area (Å²) < 4.78 is 16.9. The van der Waals surface area contributed by atoms with E-state index in [1.54, 1.807) is 6.92 Å². The molecule has 1 N–H and O–H groups in total. The van der Waals surface area contributed by atoms with Gasteiger partial charge in [0.25, 0.3) is 0 Å². The number of fused-ring (bicyclic) bond motifs is 3. The average molecular weight is 493 g/mol. The lowest BCUT2D eigenvalue weighted by Crippen LogP contribution is -2.23. The molecule has 0 amide bonds. The van der Waals surface area contributed by atoms with Crippen LogP contribution in [0.5, 0.6) is 17.2 Å². The van der Waals surface area contributed by atoms with Crippen molar-refractivity contribution in [3.05, 3.63) is 63.0 Å². The van der Waals surface area contributed by atoms with Gasteiger partial charge in [-0.25, -0.2) is 4.79 Å². The first-order valence-electron chi connectivity index (χ1n) is 12.6. The first kappa shape index (κ1) is 25.5. The number of aromatic hydroxyl groups is 1. The molecule has 0 saturated carbocycles. The van der Waals surface area contributed by atoms with Gasteiger partial charge < -0.3 is 19.0 Å². The van der Waals surface area contributed by atoms with Crippen molar-refractivity contribution < 1.29 is 28.6 Å². The van der Waals surface area contributed by atoms with Crippen molar-refractivity contribution in [3.63, 3.8) is 0 Å². The summed E-state index contributed by atoms with van der Waals surface area (Å²) in [6, 6.07) is 8.69. The number of unbranched alkanes of at least 4 members (excludes halogenated alkanes) is 5. The number of carbonyl (C=O) groups is 2. The highest BCUT2D eigenvalue weighted by atomic mass is 16.5. The van der Waals surface area contributed by atoms with Crippen molar-refractivity contribution in [1.82, 2.24) is 0 Å². The molecule has 1 aliphatic heterocycles. The highest BCUT2D eigenvalue weighted by Gasteiger charge is 2.37. The van der Waals surface area contributed by atoms with Gasteiger partial charge in [0.1, 0.15) is 22.6 Å². The van der Waals surface area contributed by atoms with Crippen LogP contribution >= 0.6 is 0 Å². The van der Waals surface area contributed by atoms with Crippen LogP contribution in [0.4, 0.5) is 0 Å². The molecule has 0 spiro atoms. The molecule has 1 atom stereocenters. The van der Waals surface area contributed by atoms with Gasteiger partial charge in [0, 0.05) is 17.5 Å². The Hall–Kier alpha value is -3.61. The van der Waals surface area contributed by atoms with E-state index in [0.29, 0.717) is 17.7 Å². The van der Waals surface area contributed by atoms with Gasteiger partial charge in [0.05, 0.1) is 18.4 Å². The van der Waals surface area contributed by atoms with Crippen molar-refractivity contribution in [3.8, 4) is 17.2 Å². The number of esters is 1. The second-order valence-corrected chi connectivity index (χ2v) is 9.39. The molecular weight excluding hydrogens is 460 g/mol. The van der Waals surface area contributed by atoms with Gasteiger partial charge in [-0.05, 0) is 43.5 Å². The molecule has 0 unspecified atom stereocenters. The van der Waals surface area contributed by atoms with Gasteiger partial charge in [0.15, 0.2) is 11.5 Å². The number of phenolic OH excluding ortho intramolecular Hbond substituents is 1. The van der Waals surface area contributed by atoms with E-state index in [0.717, 1.165) is 24.2 Å². The minimum atomic E-state index is -0.591. The Morgan fingerprint density at radius 1 is 1.08 bits per heavy atom. The van der Waals surface area contributed by atoms with Crippen LogP contribution in [0, 0.1) is 6.92 Å². The lowest BCUT2D eigenvalue weighted by atomic mass is 9.83. The molecule has 190 valence electrons. The number of phenols is 1. The molecule has 0 saturated heterocycles. The van der Waals surface area contributed by atoms with Crippen LogP contribution in [0.1, 0.15) is 91.8 Å². The Bertz CT molecular complexity index is 1330. The fraction of sp³-hybridized carbons (Fsp3) is 0.414. The van der Waals surface area contributed by atoms with E-state index in [1.165, 1.54) is 38.7 Å². The van der Waals surface area contributed by atoms with Crippen LogP contribution in [0.3, 0.4) is 0 Å². The summed E-state index contributed by atoms with van der Waals surface area (Å²) in [7, 11) is 0. The van der Waals surface area contributed by atoms with Gasteiger partial charge in [-0.2, -0.15) is 0 Å². The monoisotopic (exact) mass is 492 g/mol. The first-order chi connectivity index (χ1) is 17.3. The lowest BCUT2D eigenvalue weighted by Gasteiger charge is -2.28. The van der Waals surface area contributed by atoms with Crippen LogP contribution in [0.25, 0.3) is 11.0 Å². The number of aryl methyl sites for hydroxylation is 1. The standard InChI is InChI=1S/C29H32O7/c1-4-5-6-7-8-9-14-34-20-12-10-19(11-13-20)21-16-23(32)36-29-25(18(3)30)27(33)24-17(2)15-22(31)35-28(24)26(21)29/h10-13,15,21,33H,4-9,14,16H2,1-3H3/t21-/m1/s1. The molecule has 0 radical (unpaired) electrons. The molecule has 1 aliphatic rings. The Balaban J connectivity index is 1.67. The van der Waals surface area contributed by atoms with E-state index in [4.69, 9.17) is 13.9 Å². The normalized spacial score (nSPS) is 15.0. The molecule has 2 aromatic carbocycles. The molecule has 7 nitrogen and oxygen atoms in total. The predicted molar refractivity (Wildman–Crippen MR) is 136 cm³/mol. The Kier molecular flexibility index (Phi) is 7.77. The molecule has 0 aliphatic carbocycles. The summed E-state index contributed by atoms with van der Waals surface area (Å²) in [5.74, 6) is -1.20. The second-order valence-electron chi connectivity index (χ2n) is 9.39. The maximum atomic E-state index is 12.6. The fourth-order valence-corrected chi connectivity index (χ4v) is 4.89. The molecule has 1 aromatic heterocycles. The molecule has 4 rings (SSSR count). The van der Waals surface area contributed by atoms with E-state index >= 15 is 0 Å². The SMILES string of the molecule is CCCCCCCCOc1ccc([C@H]2CC(=O)Oc3c(C(C)=O)c(O)c4c(C)cc(=O)oc4c32)cc1. The van der Waals surface area contributed by atoms with E-state index in [2.05, 4.69) is 6.92 Å². The summed E-state index contributed by atoms with van der Waals surface area (Å²) >= 11 is 0. The number of ether oxygens (including phenoxy) is 2. The summed E-state index contributed by atoms with van der Waals surface area (Å²) in [6.07, 6.45) is 7.11. The van der Waals surface area contributed by atoms with Crippen molar-refractivity contribution >= 4 is 22.7 Å². The van der Waals surface area contributed by atoms with Crippen LogP contribution in [0.2, 0.25) is 0 Å². The second kappa shape index (κ2) is 11.0. The zero-order valence-electron chi connectivity index (χ0n) is 21.0. The molecule has 36 heavy (non-hydrogen) atoms. The van der Waals surface area contributed by atoms with E-state index in [1.807, 2.05) is 24.3 Å². The van der Waals surface area contributed by atoms with Crippen LogP contribution in [-0.2, 0) is 4.79 Å². The molecule has 0 bridgehead atoms. The number of benzene rings is 2. The third kappa shape index (κ3) is 5.15. The molecular formula is C29H32O7. The zero-order valence-corrected chi connectivity index (χ0v) is 21.0. The highest BCUT2D eigenvalue weighted by Crippen LogP contribution is 2.49. The quantitative estimate of drug-likeness (QED) is 0.118. The van der Waals surface area contributed by atoms with Crippen molar-refractivity contribution in [2.24, 2.45) is 0 Å². The number of ketones is 1. The Labute approximate surface area is 210 Å².